The number of carbonyl (C=O) groups excluding carboxylic acids is 2. The van der Waals surface area contributed by atoms with Crippen LogP contribution in [0, 0.1) is 26.7 Å². The van der Waals surface area contributed by atoms with E-state index in [1.54, 1.807) is 0 Å². The summed E-state index contributed by atoms with van der Waals surface area (Å²) in [4.78, 5) is 26.6. The highest BCUT2D eigenvalue weighted by Crippen LogP contribution is 2.23. The van der Waals surface area contributed by atoms with E-state index in [1.165, 1.54) is 22.3 Å². The molecule has 6 nitrogen and oxygen atoms in total. The van der Waals surface area contributed by atoms with Gasteiger partial charge in [-0.25, -0.2) is 4.79 Å². The molecule has 1 saturated heterocycles. The summed E-state index contributed by atoms with van der Waals surface area (Å²) >= 11 is 0. The lowest BCUT2D eigenvalue weighted by Gasteiger charge is -2.33. The molecule has 0 bridgehead atoms. The van der Waals surface area contributed by atoms with Crippen molar-refractivity contribution in [2.75, 3.05) is 26.2 Å². The van der Waals surface area contributed by atoms with Crippen LogP contribution in [-0.2, 0) is 16.1 Å². The molecule has 0 spiro atoms. The molecule has 1 fully saturated rings. The number of alkyl carbamates (subject to hydrolysis) is 1. The highest BCUT2D eigenvalue weighted by Gasteiger charge is 2.26. The molecule has 6 heteroatoms. The lowest BCUT2D eigenvalue weighted by atomic mass is 9.94. The Labute approximate surface area is 175 Å². The van der Waals surface area contributed by atoms with Crippen molar-refractivity contribution in [2.24, 2.45) is 5.92 Å². The van der Waals surface area contributed by atoms with Crippen molar-refractivity contribution in [1.82, 2.24) is 15.5 Å². The monoisotopic (exact) mass is 403 g/mol. The first-order chi connectivity index (χ1) is 13.5. The lowest BCUT2D eigenvalue weighted by molar-refractivity contribution is -0.126. The first kappa shape index (κ1) is 23.2. The van der Waals surface area contributed by atoms with Gasteiger partial charge in [0.1, 0.15) is 5.60 Å². The second-order valence-electron chi connectivity index (χ2n) is 9.17. The van der Waals surface area contributed by atoms with Crippen LogP contribution in [0.25, 0.3) is 0 Å². The van der Waals surface area contributed by atoms with E-state index in [4.69, 9.17) is 4.74 Å². The molecule has 2 amide bonds. The number of likely N-dealkylation sites (tertiary alicyclic amines) is 1. The molecule has 2 N–H and O–H groups in total. The molecule has 0 aromatic heterocycles. The fourth-order valence-corrected chi connectivity index (χ4v) is 3.90. The topological polar surface area (TPSA) is 70.7 Å². The van der Waals surface area contributed by atoms with Gasteiger partial charge in [-0.05, 0) is 77.6 Å². The van der Waals surface area contributed by atoms with E-state index in [1.807, 2.05) is 20.8 Å². The molecule has 1 aromatic rings. The first-order valence-corrected chi connectivity index (χ1v) is 10.6. The molecule has 1 aromatic carbocycles. The summed E-state index contributed by atoms with van der Waals surface area (Å²) < 4.78 is 5.19. The average molecular weight is 404 g/mol. The van der Waals surface area contributed by atoms with Gasteiger partial charge >= 0.3 is 6.09 Å². The predicted molar refractivity (Wildman–Crippen MR) is 116 cm³/mol. The van der Waals surface area contributed by atoms with Crippen LogP contribution < -0.4 is 10.6 Å². The normalized spacial score (nSPS) is 17.7. The summed E-state index contributed by atoms with van der Waals surface area (Å²) in [7, 11) is 0. The van der Waals surface area contributed by atoms with Gasteiger partial charge in [-0.2, -0.15) is 0 Å². The number of piperidine rings is 1. The minimum atomic E-state index is -0.521. The zero-order valence-electron chi connectivity index (χ0n) is 18.9. The number of amides is 2. The second kappa shape index (κ2) is 10.1. The smallest absolute Gasteiger partial charge is 0.407 e. The van der Waals surface area contributed by atoms with E-state index >= 15 is 0 Å². The van der Waals surface area contributed by atoms with Gasteiger partial charge < -0.3 is 15.4 Å². The van der Waals surface area contributed by atoms with E-state index in [0.717, 1.165) is 32.5 Å². The Kier molecular flexibility index (Phi) is 8.08. The van der Waals surface area contributed by atoms with E-state index in [2.05, 4.69) is 48.4 Å². The van der Waals surface area contributed by atoms with Gasteiger partial charge in [0, 0.05) is 26.2 Å². The van der Waals surface area contributed by atoms with Crippen molar-refractivity contribution in [3.63, 3.8) is 0 Å². The summed E-state index contributed by atoms with van der Waals surface area (Å²) in [5, 5.41) is 5.62. The van der Waals surface area contributed by atoms with Crippen molar-refractivity contribution in [3.05, 3.63) is 34.4 Å². The van der Waals surface area contributed by atoms with Crippen LogP contribution in [0.4, 0.5) is 4.79 Å². The highest BCUT2D eigenvalue weighted by molar-refractivity contribution is 5.79. The van der Waals surface area contributed by atoms with Crippen molar-refractivity contribution in [2.45, 2.75) is 66.5 Å². The number of ether oxygens (including phenoxy) is 1. The molecule has 2 rings (SSSR count). The summed E-state index contributed by atoms with van der Waals surface area (Å²) in [6.45, 7) is 15.4. The van der Waals surface area contributed by atoms with Crippen molar-refractivity contribution >= 4 is 12.0 Å². The third-order valence-electron chi connectivity index (χ3n) is 5.19. The number of aryl methyl sites for hydroxylation is 3. The lowest BCUT2D eigenvalue weighted by Crippen LogP contribution is -2.44. The summed E-state index contributed by atoms with van der Waals surface area (Å²) in [6.07, 6.45) is 1.48. The maximum absolute atomic E-state index is 12.6. The van der Waals surface area contributed by atoms with Crippen molar-refractivity contribution in [3.8, 4) is 0 Å². The van der Waals surface area contributed by atoms with E-state index in [0.29, 0.717) is 13.1 Å². The van der Waals surface area contributed by atoms with Crippen molar-refractivity contribution in [1.29, 1.82) is 0 Å². The fourth-order valence-electron chi connectivity index (χ4n) is 3.90. The van der Waals surface area contributed by atoms with E-state index in [9.17, 15) is 9.59 Å². The molecular formula is C23H37N3O3. The summed E-state index contributed by atoms with van der Waals surface area (Å²) in [6, 6.07) is 4.46. The third-order valence-corrected chi connectivity index (χ3v) is 5.19. The number of benzene rings is 1. The molecule has 1 unspecified atom stereocenters. The Bertz CT molecular complexity index is 702. The van der Waals surface area contributed by atoms with Gasteiger partial charge in [0.15, 0.2) is 0 Å². The van der Waals surface area contributed by atoms with Crippen LogP contribution in [0.3, 0.4) is 0 Å². The molecule has 29 heavy (non-hydrogen) atoms. The Morgan fingerprint density at radius 3 is 2.34 bits per heavy atom. The van der Waals surface area contributed by atoms with E-state index in [-0.39, 0.29) is 11.8 Å². The molecule has 1 atom stereocenters. The Balaban J connectivity index is 1.78. The van der Waals surface area contributed by atoms with Gasteiger partial charge in [0.25, 0.3) is 0 Å². The minimum Gasteiger partial charge on any atom is -0.444 e. The van der Waals surface area contributed by atoms with Gasteiger partial charge in [0.05, 0.1) is 5.92 Å². The van der Waals surface area contributed by atoms with Crippen LogP contribution in [0.15, 0.2) is 12.1 Å². The Morgan fingerprint density at radius 1 is 1.10 bits per heavy atom. The molecular weight excluding hydrogens is 366 g/mol. The van der Waals surface area contributed by atoms with Gasteiger partial charge in [-0.1, -0.05) is 17.7 Å². The molecule has 1 heterocycles. The van der Waals surface area contributed by atoms with Crippen LogP contribution in [0.1, 0.15) is 55.9 Å². The third kappa shape index (κ3) is 7.69. The van der Waals surface area contributed by atoms with E-state index < -0.39 is 11.7 Å². The number of rotatable bonds is 6. The number of nitrogens with zero attached hydrogens (tertiary/aromatic N) is 1. The zero-order chi connectivity index (χ0) is 21.6. The van der Waals surface area contributed by atoms with Gasteiger partial charge in [0.2, 0.25) is 5.91 Å². The zero-order valence-corrected chi connectivity index (χ0v) is 18.9. The largest absolute Gasteiger partial charge is 0.444 e. The molecule has 0 aliphatic carbocycles. The number of nitrogens with one attached hydrogen (secondary N) is 2. The molecule has 0 saturated carbocycles. The molecule has 1 aliphatic heterocycles. The first-order valence-electron chi connectivity index (χ1n) is 10.6. The van der Waals surface area contributed by atoms with Crippen LogP contribution in [-0.4, -0.2) is 48.7 Å². The molecule has 162 valence electrons. The van der Waals surface area contributed by atoms with Crippen LogP contribution in [0.2, 0.25) is 0 Å². The Hall–Kier alpha value is -2.08. The summed E-state index contributed by atoms with van der Waals surface area (Å²) in [5.74, 6) is 0.0642. The van der Waals surface area contributed by atoms with Crippen molar-refractivity contribution < 1.29 is 14.3 Å². The number of hydrogen-bond donors (Lipinski definition) is 2. The maximum Gasteiger partial charge on any atom is 0.407 e. The number of carbonyl (C=O) groups is 2. The average Bonchev–Trinajstić information content (AvgIpc) is 2.60. The molecule has 1 aliphatic rings. The standard InChI is InChI=1S/C23H37N3O3/c1-16-12-17(2)20(18(3)13-16)15-26-11-7-8-19(14-26)21(27)24-9-10-25-22(28)29-23(4,5)6/h12-13,19H,7-11,14-15H2,1-6H3,(H,24,27)(H,25,28). The minimum absolute atomic E-state index is 0.00339. The van der Waals surface area contributed by atoms with Crippen LogP contribution in [0.5, 0.6) is 0 Å². The van der Waals surface area contributed by atoms with Crippen LogP contribution >= 0.6 is 0 Å². The fraction of sp³-hybridized carbons (Fsp3) is 0.652. The summed E-state index contributed by atoms with van der Waals surface area (Å²) in [5.41, 5.74) is 4.79. The van der Waals surface area contributed by atoms with Gasteiger partial charge in [-0.3, -0.25) is 9.69 Å². The van der Waals surface area contributed by atoms with Gasteiger partial charge in [-0.15, -0.1) is 0 Å². The second-order valence-corrected chi connectivity index (χ2v) is 9.17. The quantitative estimate of drug-likeness (QED) is 0.714. The SMILES string of the molecule is Cc1cc(C)c(CN2CCCC(C(=O)NCCNC(=O)OC(C)(C)C)C2)c(C)c1. The molecule has 0 radical (unpaired) electrons. The maximum atomic E-state index is 12.6. The Morgan fingerprint density at radius 2 is 1.72 bits per heavy atom. The predicted octanol–water partition coefficient (Wildman–Crippen LogP) is 3.46. The highest BCUT2D eigenvalue weighted by atomic mass is 16.6. The number of hydrogen-bond acceptors (Lipinski definition) is 4.